The zero-order valence-corrected chi connectivity index (χ0v) is 11.5. The zero-order valence-electron chi connectivity index (χ0n) is 10.7. The second-order valence-corrected chi connectivity index (χ2v) is 4.81. The molecule has 0 radical (unpaired) electrons. The number of primary amides is 1. The van der Waals surface area contributed by atoms with Gasteiger partial charge in [-0.05, 0) is 20.8 Å². The molecule has 6 heteroatoms. The fraction of sp³-hybridized carbons (Fsp3) is 0.636. The molecule has 0 spiro atoms. The third kappa shape index (κ3) is 3.44. The second-order valence-electron chi connectivity index (χ2n) is 4.43. The van der Waals surface area contributed by atoms with Crippen molar-refractivity contribution in [2.75, 3.05) is 6.54 Å². The molecule has 0 saturated carbocycles. The van der Waals surface area contributed by atoms with Crippen molar-refractivity contribution in [2.24, 2.45) is 12.8 Å². The highest BCUT2D eigenvalue weighted by molar-refractivity contribution is 6.31. The van der Waals surface area contributed by atoms with Crippen molar-refractivity contribution in [3.63, 3.8) is 0 Å². The van der Waals surface area contributed by atoms with E-state index in [2.05, 4.69) is 5.10 Å². The summed E-state index contributed by atoms with van der Waals surface area (Å²) < 4.78 is 1.74. The van der Waals surface area contributed by atoms with E-state index in [1.807, 2.05) is 32.7 Å². The van der Waals surface area contributed by atoms with E-state index in [-0.39, 0.29) is 18.5 Å². The molecule has 96 valence electrons. The molecule has 0 bridgehead atoms. The quantitative estimate of drug-likeness (QED) is 0.860. The molecule has 0 aliphatic carbocycles. The van der Waals surface area contributed by atoms with Crippen LogP contribution in [-0.4, -0.2) is 33.2 Å². The van der Waals surface area contributed by atoms with Gasteiger partial charge in [-0.3, -0.25) is 14.4 Å². The summed E-state index contributed by atoms with van der Waals surface area (Å²) in [5.74, 6) is -0.339. The van der Waals surface area contributed by atoms with Gasteiger partial charge in [0, 0.05) is 19.6 Å². The highest BCUT2D eigenvalue weighted by Gasteiger charge is 2.18. The summed E-state index contributed by atoms with van der Waals surface area (Å²) in [6.45, 7) is 6.68. The van der Waals surface area contributed by atoms with E-state index < -0.39 is 0 Å². The van der Waals surface area contributed by atoms with Crippen LogP contribution in [-0.2, 0) is 18.4 Å². The van der Waals surface area contributed by atoms with Gasteiger partial charge in [-0.15, -0.1) is 0 Å². The molecule has 1 aromatic heterocycles. The molecule has 1 amide bonds. The van der Waals surface area contributed by atoms with Gasteiger partial charge in [-0.1, -0.05) is 11.6 Å². The number of hydrogen-bond donors (Lipinski definition) is 1. The van der Waals surface area contributed by atoms with Crippen LogP contribution < -0.4 is 5.73 Å². The number of carbonyl (C=O) groups is 1. The van der Waals surface area contributed by atoms with Gasteiger partial charge in [0.2, 0.25) is 5.91 Å². The van der Waals surface area contributed by atoms with Crippen molar-refractivity contribution in [2.45, 2.75) is 33.4 Å². The first-order valence-electron chi connectivity index (χ1n) is 5.53. The fourth-order valence-electron chi connectivity index (χ4n) is 1.67. The Hall–Kier alpha value is -1.07. The summed E-state index contributed by atoms with van der Waals surface area (Å²) in [4.78, 5) is 13.0. The molecule has 0 aliphatic rings. The van der Waals surface area contributed by atoms with Crippen LogP contribution in [0.1, 0.15) is 25.2 Å². The maximum Gasteiger partial charge on any atom is 0.231 e. The highest BCUT2D eigenvalue weighted by atomic mass is 35.5. The molecule has 2 N–H and O–H groups in total. The first-order valence-corrected chi connectivity index (χ1v) is 5.91. The molecule has 0 unspecified atom stereocenters. The summed E-state index contributed by atoms with van der Waals surface area (Å²) in [6.07, 6.45) is 0. The largest absolute Gasteiger partial charge is 0.369 e. The molecule has 0 fully saturated rings. The number of rotatable bonds is 5. The Balaban J connectivity index is 2.89. The van der Waals surface area contributed by atoms with Crippen LogP contribution in [0, 0.1) is 6.92 Å². The number of nitrogens with two attached hydrogens (primary N) is 1. The van der Waals surface area contributed by atoms with Gasteiger partial charge in [0.05, 0.1) is 23.0 Å². The third-order valence-corrected chi connectivity index (χ3v) is 3.20. The third-order valence-electron chi connectivity index (χ3n) is 2.70. The van der Waals surface area contributed by atoms with E-state index in [4.69, 9.17) is 17.3 Å². The summed E-state index contributed by atoms with van der Waals surface area (Å²) in [6, 6.07) is 0.216. The predicted molar refractivity (Wildman–Crippen MR) is 67.7 cm³/mol. The van der Waals surface area contributed by atoms with E-state index >= 15 is 0 Å². The van der Waals surface area contributed by atoms with Crippen molar-refractivity contribution in [1.82, 2.24) is 14.7 Å². The Bertz CT molecular complexity index is 414. The molecule has 5 nitrogen and oxygen atoms in total. The normalized spacial score (nSPS) is 11.5. The van der Waals surface area contributed by atoms with Gasteiger partial charge in [0.1, 0.15) is 0 Å². The van der Waals surface area contributed by atoms with E-state index in [9.17, 15) is 4.79 Å². The zero-order chi connectivity index (χ0) is 13.2. The van der Waals surface area contributed by atoms with Crippen molar-refractivity contribution in [1.29, 1.82) is 0 Å². The molecule has 1 heterocycles. The van der Waals surface area contributed by atoms with E-state index in [0.29, 0.717) is 11.6 Å². The van der Waals surface area contributed by atoms with Crippen molar-refractivity contribution in [3.05, 3.63) is 16.4 Å². The lowest BCUT2D eigenvalue weighted by Crippen LogP contribution is -2.38. The molecule has 0 saturated heterocycles. The van der Waals surface area contributed by atoms with Crippen molar-refractivity contribution in [3.8, 4) is 0 Å². The highest BCUT2D eigenvalue weighted by Crippen LogP contribution is 2.21. The minimum Gasteiger partial charge on any atom is -0.369 e. The van der Waals surface area contributed by atoms with Crippen LogP contribution in [0.3, 0.4) is 0 Å². The topological polar surface area (TPSA) is 64.2 Å². The molecule has 0 aromatic carbocycles. The summed E-state index contributed by atoms with van der Waals surface area (Å²) in [5, 5.41) is 4.90. The van der Waals surface area contributed by atoms with Crippen LogP contribution in [0.2, 0.25) is 5.02 Å². The van der Waals surface area contributed by atoms with Crippen molar-refractivity contribution < 1.29 is 4.79 Å². The van der Waals surface area contributed by atoms with E-state index in [1.165, 1.54) is 0 Å². The number of aromatic nitrogens is 2. The van der Waals surface area contributed by atoms with Gasteiger partial charge in [-0.25, -0.2) is 0 Å². The minimum absolute atomic E-state index is 0.216. The average molecular weight is 259 g/mol. The smallest absolute Gasteiger partial charge is 0.231 e. The van der Waals surface area contributed by atoms with Crippen LogP contribution in [0.5, 0.6) is 0 Å². The number of nitrogens with zero attached hydrogens (tertiary/aromatic N) is 3. The number of amides is 1. The minimum atomic E-state index is -0.339. The maximum atomic E-state index is 11.0. The standard InChI is InChI=1S/C11H19ClN4O/c1-7(2)16(6-10(13)17)5-9-11(12)8(3)14-15(9)4/h7H,5-6H2,1-4H3,(H2,13,17). The van der Waals surface area contributed by atoms with Crippen LogP contribution in [0.4, 0.5) is 0 Å². The first kappa shape index (κ1) is 14.0. The van der Waals surface area contributed by atoms with Crippen molar-refractivity contribution >= 4 is 17.5 Å². The number of hydrogen-bond acceptors (Lipinski definition) is 3. The molecule has 0 aliphatic heterocycles. The summed E-state index contributed by atoms with van der Waals surface area (Å²) in [7, 11) is 1.84. The second kappa shape index (κ2) is 5.51. The molecular formula is C11H19ClN4O. The molecular weight excluding hydrogens is 240 g/mol. The van der Waals surface area contributed by atoms with E-state index in [0.717, 1.165) is 11.4 Å². The fourth-order valence-corrected chi connectivity index (χ4v) is 1.89. The molecule has 0 atom stereocenters. The number of aryl methyl sites for hydroxylation is 2. The van der Waals surface area contributed by atoms with Crippen LogP contribution in [0.25, 0.3) is 0 Å². The number of carbonyl (C=O) groups excluding carboxylic acids is 1. The van der Waals surface area contributed by atoms with Crippen LogP contribution in [0.15, 0.2) is 0 Å². The van der Waals surface area contributed by atoms with Gasteiger partial charge in [0.15, 0.2) is 0 Å². The maximum absolute atomic E-state index is 11.0. The Kier molecular flexibility index (Phi) is 4.54. The Morgan fingerprint density at radius 3 is 2.53 bits per heavy atom. The SMILES string of the molecule is Cc1nn(C)c(CN(CC(N)=O)C(C)C)c1Cl. The van der Waals surface area contributed by atoms with Gasteiger partial charge < -0.3 is 5.73 Å². The Morgan fingerprint density at radius 2 is 2.18 bits per heavy atom. The molecule has 1 aromatic rings. The lowest BCUT2D eigenvalue weighted by Gasteiger charge is -2.24. The van der Waals surface area contributed by atoms with E-state index in [1.54, 1.807) is 4.68 Å². The molecule has 1 rings (SSSR count). The van der Waals surface area contributed by atoms with Crippen LogP contribution >= 0.6 is 11.6 Å². The monoisotopic (exact) mass is 258 g/mol. The Morgan fingerprint density at radius 1 is 1.59 bits per heavy atom. The number of halogens is 1. The molecule has 17 heavy (non-hydrogen) atoms. The van der Waals surface area contributed by atoms with Gasteiger partial charge >= 0.3 is 0 Å². The lowest BCUT2D eigenvalue weighted by atomic mass is 10.2. The average Bonchev–Trinajstić information content (AvgIpc) is 2.43. The summed E-state index contributed by atoms with van der Waals surface area (Å²) >= 11 is 6.17. The van der Waals surface area contributed by atoms with Gasteiger partial charge in [0.25, 0.3) is 0 Å². The first-order chi connectivity index (χ1) is 7.82. The van der Waals surface area contributed by atoms with Gasteiger partial charge in [-0.2, -0.15) is 5.10 Å². The lowest BCUT2D eigenvalue weighted by molar-refractivity contribution is -0.119. The summed E-state index contributed by atoms with van der Waals surface area (Å²) in [5.41, 5.74) is 6.93. The predicted octanol–water partition coefficient (Wildman–Crippen LogP) is 1.08. The Labute approximate surface area is 107 Å².